The highest BCUT2D eigenvalue weighted by molar-refractivity contribution is 5.73. The molecule has 2 aromatic rings. The first-order valence-electron chi connectivity index (χ1n) is 5.69. The van der Waals surface area contributed by atoms with Gasteiger partial charge < -0.3 is 4.42 Å². The Hall–Kier alpha value is -1.51. The molecule has 88 valence electrons. The molecule has 0 atom stereocenters. The number of benzene rings is 1. The van der Waals surface area contributed by atoms with Crippen LogP contribution in [0.2, 0.25) is 0 Å². The van der Waals surface area contributed by atoms with Crippen molar-refractivity contribution in [3.8, 4) is 0 Å². The molecular weight excluding hydrogens is 202 g/mol. The van der Waals surface area contributed by atoms with Gasteiger partial charge in [-0.05, 0) is 23.6 Å². The molecule has 0 radical (unpaired) electrons. The van der Waals surface area contributed by atoms with Crippen molar-refractivity contribution in [2.75, 3.05) is 0 Å². The van der Waals surface area contributed by atoms with Crippen LogP contribution in [-0.4, -0.2) is 4.57 Å². The van der Waals surface area contributed by atoms with Crippen molar-refractivity contribution in [3.63, 3.8) is 0 Å². The molecule has 3 heteroatoms. The third-order valence-electron chi connectivity index (χ3n) is 2.48. The van der Waals surface area contributed by atoms with Crippen molar-refractivity contribution < 1.29 is 4.42 Å². The molecular formula is C13H19NO2. The lowest BCUT2D eigenvalue weighted by atomic mass is 10.0. The minimum atomic E-state index is -0.305. The summed E-state index contributed by atoms with van der Waals surface area (Å²) in [4.78, 5) is 11.2. The lowest BCUT2D eigenvalue weighted by molar-refractivity contribution is 0.528. The van der Waals surface area contributed by atoms with Crippen LogP contribution in [0.1, 0.15) is 39.2 Å². The van der Waals surface area contributed by atoms with Gasteiger partial charge in [-0.15, -0.1) is 0 Å². The van der Waals surface area contributed by atoms with E-state index in [-0.39, 0.29) is 5.76 Å². The van der Waals surface area contributed by atoms with Crippen LogP contribution in [0.5, 0.6) is 0 Å². The Kier molecular flexibility index (Phi) is 3.93. The summed E-state index contributed by atoms with van der Waals surface area (Å²) in [6.45, 7) is 8.25. The van der Waals surface area contributed by atoms with Gasteiger partial charge in [0.15, 0.2) is 5.58 Å². The summed E-state index contributed by atoms with van der Waals surface area (Å²) in [5.41, 5.74) is 2.73. The summed E-state index contributed by atoms with van der Waals surface area (Å²) < 4.78 is 6.57. The van der Waals surface area contributed by atoms with Gasteiger partial charge in [-0.3, -0.25) is 4.57 Å². The van der Waals surface area contributed by atoms with E-state index < -0.39 is 0 Å². The highest BCUT2D eigenvalue weighted by Crippen LogP contribution is 2.19. The summed E-state index contributed by atoms with van der Waals surface area (Å²) in [5, 5.41) is 0. The molecule has 0 aliphatic rings. The summed E-state index contributed by atoms with van der Waals surface area (Å²) in [7, 11) is 1.72. The Bertz CT molecular complexity index is 520. The third-order valence-corrected chi connectivity index (χ3v) is 2.48. The van der Waals surface area contributed by atoms with Gasteiger partial charge >= 0.3 is 5.76 Å². The summed E-state index contributed by atoms with van der Waals surface area (Å²) in [5.74, 6) is 0.158. The third kappa shape index (κ3) is 2.18. The topological polar surface area (TPSA) is 35.1 Å². The van der Waals surface area contributed by atoms with Gasteiger partial charge in [0, 0.05) is 7.05 Å². The van der Waals surface area contributed by atoms with Crippen LogP contribution in [0.4, 0.5) is 0 Å². The molecule has 1 aromatic heterocycles. The number of oxazole rings is 1. The average Bonchev–Trinajstić information content (AvgIpc) is 2.57. The Morgan fingerprint density at radius 1 is 1.25 bits per heavy atom. The Morgan fingerprint density at radius 2 is 1.88 bits per heavy atom. The number of aryl methyl sites for hydroxylation is 1. The van der Waals surface area contributed by atoms with E-state index in [0.29, 0.717) is 11.5 Å². The van der Waals surface area contributed by atoms with E-state index in [4.69, 9.17) is 4.42 Å². The predicted octanol–water partition coefficient (Wildman–Crippen LogP) is 3.28. The molecule has 0 amide bonds. The lowest BCUT2D eigenvalue weighted by Gasteiger charge is -2.04. The Balaban J connectivity index is 0.000000606. The predicted molar refractivity (Wildman–Crippen MR) is 66.9 cm³/mol. The van der Waals surface area contributed by atoms with Gasteiger partial charge in [-0.2, -0.15) is 0 Å². The monoisotopic (exact) mass is 221 g/mol. The highest BCUT2D eigenvalue weighted by Gasteiger charge is 2.07. The first-order valence-corrected chi connectivity index (χ1v) is 5.69. The van der Waals surface area contributed by atoms with Crippen molar-refractivity contribution in [2.45, 2.75) is 33.6 Å². The molecule has 0 unspecified atom stereocenters. The van der Waals surface area contributed by atoms with Crippen molar-refractivity contribution in [2.24, 2.45) is 7.05 Å². The lowest BCUT2D eigenvalue weighted by Crippen LogP contribution is -2.08. The van der Waals surface area contributed by atoms with Gasteiger partial charge in [0.05, 0.1) is 5.52 Å². The van der Waals surface area contributed by atoms with Crippen molar-refractivity contribution in [1.82, 2.24) is 4.57 Å². The molecule has 0 N–H and O–H groups in total. The second-order valence-electron chi connectivity index (χ2n) is 3.81. The first-order chi connectivity index (χ1) is 7.59. The molecule has 0 saturated heterocycles. The van der Waals surface area contributed by atoms with Crippen molar-refractivity contribution in [3.05, 3.63) is 34.3 Å². The molecule has 3 nitrogen and oxygen atoms in total. The van der Waals surface area contributed by atoms with Gasteiger partial charge in [0.1, 0.15) is 0 Å². The van der Waals surface area contributed by atoms with E-state index in [1.54, 1.807) is 7.05 Å². The maximum absolute atomic E-state index is 11.2. The fourth-order valence-electron chi connectivity index (χ4n) is 1.50. The smallest absolute Gasteiger partial charge is 0.408 e. The van der Waals surface area contributed by atoms with E-state index in [0.717, 1.165) is 5.52 Å². The minimum Gasteiger partial charge on any atom is -0.408 e. The van der Waals surface area contributed by atoms with E-state index in [9.17, 15) is 4.79 Å². The normalized spacial score (nSPS) is 10.4. The second-order valence-corrected chi connectivity index (χ2v) is 3.81. The number of rotatable bonds is 1. The van der Waals surface area contributed by atoms with Crippen LogP contribution in [0.3, 0.4) is 0 Å². The minimum absolute atomic E-state index is 0.305. The zero-order chi connectivity index (χ0) is 12.3. The van der Waals surface area contributed by atoms with E-state index in [1.807, 2.05) is 32.0 Å². The number of hydrogen-bond donors (Lipinski definition) is 0. The summed E-state index contributed by atoms with van der Waals surface area (Å²) in [6.07, 6.45) is 0. The first kappa shape index (κ1) is 12.6. The quantitative estimate of drug-likeness (QED) is 0.740. The molecule has 1 heterocycles. The van der Waals surface area contributed by atoms with Crippen LogP contribution >= 0.6 is 0 Å². The molecule has 0 fully saturated rings. The average molecular weight is 221 g/mol. The SMILES string of the molecule is CC.CC(C)c1ccc2oc(=O)n(C)c2c1. The van der Waals surface area contributed by atoms with Crippen molar-refractivity contribution >= 4 is 11.1 Å². The Labute approximate surface area is 95.7 Å². The molecule has 0 aliphatic carbocycles. The molecule has 2 rings (SSSR count). The zero-order valence-electron chi connectivity index (χ0n) is 10.6. The zero-order valence-corrected chi connectivity index (χ0v) is 10.6. The summed E-state index contributed by atoms with van der Waals surface area (Å²) >= 11 is 0. The molecule has 0 spiro atoms. The van der Waals surface area contributed by atoms with Crippen LogP contribution in [-0.2, 0) is 7.05 Å². The van der Waals surface area contributed by atoms with Crippen LogP contribution < -0.4 is 5.76 Å². The van der Waals surface area contributed by atoms with Crippen LogP contribution in [0, 0.1) is 0 Å². The standard InChI is InChI=1S/C11H13NO2.C2H6/c1-7(2)8-4-5-10-9(6-8)12(3)11(13)14-10;1-2/h4-7H,1-3H3;1-2H3. The van der Waals surface area contributed by atoms with E-state index >= 15 is 0 Å². The molecule has 0 aliphatic heterocycles. The number of hydrogen-bond acceptors (Lipinski definition) is 2. The van der Waals surface area contributed by atoms with Crippen molar-refractivity contribution in [1.29, 1.82) is 0 Å². The molecule has 0 saturated carbocycles. The van der Waals surface area contributed by atoms with Gasteiger partial charge in [0.25, 0.3) is 0 Å². The van der Waals surface area contributed by atoms with Gasteiger partial charge in [-0.25, -0.2) is 4.79 Å². The Morgan fingerprint density at radius 3 is 2.44 bits per heavy atom. The fourth-order valence-corrected chi connectivity index (χ4v) is 1.50. The van der Waals surface area contributed by atoms with E-state index in [2.05, 4.69) is 13.8 Å². The van der Waals surface area contributed by atoms with Gasteiger partial charge in [-0.1, -0.05) is 33.8 Å². The molecule has 16 heavy (non-hydrogen) atoms. The van der Waals surface area contributed by atoms with E-state index in [1.165, 1.54) is 10.1 Å². The number of aromatic nitrogens is 1. The largest absolute Gasteiger partial charge is 0.419 e. The van der Waals surface area contributed by atoms with Gasteiger partial charge in [0.2, 0.25) is 0 Å². The number of nitrogens with zero attached hydrogens (tertiary/aromatic N) is 1. The molecule has 1 aromatic carbocycles. The molecule has 0 bridgehead atoms. The second kappa shape index (κ2) is 5.01. The van der Waals surface area contributed by atoms with Crippen LogP contribution in [0.15, 0.2) is 27.4 Å². The maximum atomic E-state index is 11.2. The van der Waals surface area contributed by atoms with Crippen LogP contribution in [0.25, 0.3) is 11.1 Å². The maximum Gasteiger partial charge on any atom is 0.419 e. The fraction of sp³-hybridized carbons (Fsp3) is 0.462. The summed E-state index contributed by atoms with van der Waals surface area (Å²) in [6, 6.07) is 5.85. The highest BCUT2D eigenvalue weighted by atomic mass is 16.4. The number of fused-ring (bicyclic) bond motifs is 1.